The smallest absolute Gasteiger partial charge is 0.167 e. The van der Waals surface area contributed by atoms with E-state index in [0.717, 1.165) is 5.56 Å². The van der Waals surface area contributed by atoms with Gasteiger partial charge in [0, 0.05) is 17.1 Å². The van der Waals surface area contributed by atoms with E-state index in [2.05, 4.69) is 5.32 Å². The highest BCUT2D eigenvalue weighted by molar-refractivity contribution is 6.30. The highest BCUT2D eigenvalue weighted by Gasteiger charge is 2.10. The van der Waals surface area contributed by atoms with Gasteiger partial charge in [-0.1, -0.05) is 29.8 Å². The number of rotatable bonds is 4. The van der Waals surface area contributed by atoms with Crippen molar-refractivity contribution >= 4 is 11.6 Å². The quantitative estimate of drug-likeness (QED) is 0.902. The van der Waals surface area contributed by atoms with Crippen molar-refractivity contribution in [2.75, 3.05) is 7.05 Å². The van der Waals surface area contributed by atoms with Crippen molar-refractivity contribution in [3.8, 4) is 11.5 Å². The summed E-state index contributed by atoms with van der Waals surface area (Å²) in [4.78, 5) is 0. The van der Waals surface area contributed by atoms with Crippen molar-refractivity contribution in [1.29, 1.82) is 0 Å². The molecule has 0 aliphatic heterocycles. The lowest BCUT2D eigenvalue weighted by Gasteiger charge is -2.12. The maximum atomic E-state index is 13.8. The van der Waals surface area contributed by atoms with Crippen LogP contribution in [0.1, 0.15) is 5.56 Å². The number of hydrogen-bond acceptors (Lipinski definition) is 2. The summed E-state index contributed by atoms with van der Waals surface area (Å²) in [6.45, 7) is 0.535. The van der Waals surface area contributed by atoms with Gasteiger partial charge in [-0.15, -0.1) is 0 Å². The second kappa shape index (κ2) is 5.85. The van der Waals surface area contributed by atoms with Gasteiger partial charge in [0.2, 0.25) is 0 Å². The molecule has 0 bridgehead atoms. The molecule has 4 heteroatoms. The van der Waals surface area contributed by atoms with Crippen molar-refractivity contribution in [3.63, 3.8) is 0 Å². The molecule has 2 rings (SSSR count). The fraction of sp³-hybridized carbons (Fsp3) is 0.143. The highest BCUT2D eigenvalue weighted by atomic mass is 35.5. The van der Waals surface area contributed by atoms with Crippen molar-refractivity contribution in [1.82, 2.24) is 5.32 Å². The molecule has 2 aromatic carbocycles. The summed E-state index contributed by atoms with van der Waals surface area (Å²) in [5, 5.41) is 3.53. The van der Waals surface area contributed by atoms with Crippen molar-refractivity contribution in [3.05, 3.63) is 58.9 Å². The molecular weight excluding hydrogens is 253 g/mol. The van der Waals surface area contributed by atoms with Crippen LogP contribution < -0.4 is 10.1 Å². The predicted octanol–water partition coefficient (Wildman–Crippen LogP) is 3.99. The van der Waals surface area contributed by atoms with Gasteiger partial charge in [-0.05, 0) is 31.3 Å². The minimum Gasteiger partial charge on any atom is -0.454 e. The van der Waals surface area contributed by atoms with Gasteiger partial charge in [0.1, 0.15) is 5.75 Å². The Bertz CT molecular complexity index is 545. The molecule has 0 aromatic heterocycles. The van der Waals surface area contributed by atoms with Gasteiger partial charge in [-0.2, -0.15) is 0 Å². The standard InChI is InChI=1S/C14H13ClFNO/c1-17-9-10-4-2-7-13(16)14(10)18-12-6-3-5-11(15)8-12/h2-8,17H,9H2,1H3. The molecule has 0 amide bonds. The van der Waals surface area contributed by atoms with E-state index < -0.39 is 0 Å². The Balaban J connectivity index is 2.33. The molecule has 2 nitrogen and oxygen atoms in total. The molecule has 94 valence electrons. The van der Waals surface area contributed by atoms with E-state index in [-0.39, 0.29) is 11.6 Å². The first-order valence-electron chi connectivity index (χ1n) is 5.56. The lowest BCUT2D eigenvalue weighted by atomic mass is 10.2. The molecule has 0 saturated carbocycles. The number of benzene rings is 2. The highest BCUT2D eigenvalue weighted by Crippen LogP contribution is 2.29. The number of para-hydroxylation sites is 1. The fourth-order valence-corrected chi connectivity index (χ4v) is 1.83. The Labute approximate surface area is 110 Å². The summed E-state index contributed by atoms with van der Waals surface area (Å²) in [6, 6.07) is 11.7. The van der Waals surface area contributed by atoms with Crippen LogP contribution in [-0.2, 0) is 6.54 Å². The van der Waals surface area contributed by atoms with Crippen LogP contribution in [0.25, 0.3) is 0 Å². The minimum atomic E-state index is -0.386. The number of nitrogens with one attached hydrogen (secondary N) is 1. The van der Waals surface area contributed by atoms with Crippen LogP contribution in [0.3, 0.4) is 0 Å². The van der Waals surface area contributed by atoms with Crippen molar-refractivity contribution < 1.29 is 9.13 Å². The molecule has 0 saturated heterocycles. The third-order valence-corrected chi connectivity index (χ3v) is 2.67. The van der Waals surface area contributed by atoms with Crippen molar-refractivity contribution in [2.45, 2.75) is 6.54 Å². The molecule has 1 N–H and O–H groups in total. The second-order valence-corrected chi connectivity index (χ2v) is 4.25. The van der Waals surface area contributed by atoms with Crippen LogP contribution in [0.15, 0.2) is 42.5 Å². The summed E-state index contributed by atoms with van der Waals surface area (Å²) < 4.78 is 19.3. The molecule has 0 spiro atoms. The van der Waals surface area contributed by atoms with E-state index in [1.165, 1.54) is 6.07 Å². The van der Waals surface area contributed by atoms with E-state index in [4.69, 9.17) is 16.3 Å². The SMILES string of the molecule is CNCc1cccc(F)c1Oc1cccc(Cl)c1. The Morgan fingerprint density at radius 3 is 2.72 bits per heavy atom. The van der Waals surface area contributed by atoms with E-state index in [0.29, 0.717) is 17.3 Å². The molecule has 0 unspecified atom stereocenters. The summed E-state index contributed by atoms with van der Waals surface area (Å²) in [5.41, 5.74) is 0.762. The Kier molecular flexibility index (Phi) is 4.18. The lowest BCUT2D eigenvalue weighted by Crippen LogP contribution is -2.07. The second-order valence-electron chi connectivity index (χ2n) is 3.82. The van der Waals surface area contributed by atoms with Gasteiger partial charge in [-0.3, -0.25) is 0 Å². The number of ether oxygens (including phenoxy) is 1. The van der Waals surface area contributed by atoms with E-state index in [1.807, 2.05) is 6.07 Å². The molecule has 0 aliphatic carbocycles. The maximum Gasteiger partial charge on any atom is 0.167 e. The van der Waals surface area contributed by atoms with E-state index in [9.17, 15) is 4.39 Å². The average Bonchev–Trinajstić information content (AvgIpc) is 2.34. The van der Waals surface area contributed by atoms with E-state index >= 15 is 0 Å². The summed E-state index contributed by atoms with van der Waals surface area (Å²) in [5.74, 6) is 0.363. The Morgan fingerprint density at radius 1 is 1.22 bits per heavy atom. The lowest BCUT2D eigenvalue weighted by molar-refractivity contribution is 0.434. The molecule has 0 fully saturated rings. The van der Waals surface area contributed by atoms with Gasteiger partial charge >= 0.3 is 0 Å². The van der Waals surface area contributed by atoms with Crippen LogP contribution in [0, 0.1) is 5.82 Å². The maximum absolute atomic E-state index is 13.8. The first-order valence-corrected chi connectivity index (χ1v) is 5.94. The minimum absolute atomic E-state index is 0.231. The zero-order chi connectivity index (χ0) is 13.0. The predicted molar refractivity (Wildman–Crippen MR) is 70.7 cm³/mol. The van der Waals surface area contributed by atoms with Crippen LogP contribution in [-0.4, -0.2) is 7.05 Å². The third-order valence-electron chi connectivity index (χ3n) is 2.43. The summed E-state index contributed by atoms with van der Waals surface area (Å²) in [6.07, 6.45) is 0. The molecule has 0 heterocycles. The zero-order valence-electron chi connectivity index (χ0n) is 9.91. The van der Waals surface area contributed by atoms with Crippen molar-refractivity contribution in [2.24, 2.45) is 0 Å². The van der Waals surface area contributed by atoms with Crippen LogP contribution in [0.5, 0.6) is 11.5 Å². The van der Waals surface area contributed by atoms with Gasteiger partial charge in [0.15, 0.2) is 11.6 Å². The molecular formula is C14H13ClFNO. The summed E-state index contributed by atoms with van der Waals surface area (Å²) >= 11 is 5.87. The average molecular weight is 266 g/mol. The summed E-state index contributed by atoms with van der Waals surface area (Å²) in [7, 11) is 1.80. The van der Waals surface area contributed by atoms with Crippen LogP contribution >= 0.6 is 11.6 Å². The monoisotopic (exact) mass is 265 g/mol. The molecule has 18 heavy (non-hydrogen) atoms. The van der Waals surface area contributed by atoms with Crippen LogP contribution in [0.2, 0.25) is 5.02 Å². The number of hydrogen-bond donors (Lipinski definition) is 1. The molecule has 0 aliphatic rings. The van der Waals surface area contributed by atoms with E-state index in [1.54, 1.807) is 37.4 Å². The fourth-order valence-electron chi connectivity index (χ4n) is 1.65. The third kappa shape index (κ3) is 3.00. The molecule has 2 aromatic rings. The van der Waals surface area contributed by atoms with Gasteiger partial charge in [0.05, 0.1) is 0 Å². The van der Waals surface area contributed by atoms with Crippen LogP contribution in [0.4, 0.5) is 4.39 Å². The Hall–Kier alpha value is -1.58. The number of halogens is 2. The van der Waals surface area contributed by atoms with Gasteiger partial charge in [0.25, 0.3) is 0 Å². The largest absolute Gasteiger partial charge is 0.454 e. The van der Waals surface area contributed by atoms with Gasteiger partial charge < -0.3 is 10.1 Å². The Morgan fingerprint density at radius 2 is 2.00 bits per heavy atom. The normalized spacial score (nSPS) is 10.4. The first-order chi connectivity index (χ1) is 8.70. The molecule has 0 radical (unpaired) electrons. The topological polar surface area (TPSA) is 21.3 Å². The first kappa shape index (κ1) is 12.9. The zero-order valence-corrected chi connectivity index (χ0v) is 10.7. The molecule has 0 atom stereocenters. The van der Waals surface area contributed by atoms with Gasteiger partial charge in [-0.25, -0.2) is 4.39 Å².